The summed E-state index contributed by atoms with van der Waals surface area (Å²) >= 11 is 0. The third-order valence-electron chi connectivity index (χ3n) is 2.19. The molecular weight excluding hydrogens is 434 g/mol. The minimum Gasteiger partial charge on any atom is -0.351 e. The number of alkyl halides is 6. The van der Waals surface area contributed by atoms with E-state index in [1.54, 1.807) is 12.2 Å². The highest BCUT2D eigenvalue weighted by Crippen LogP contribution is 2.40. The number of hydrogen-bond acceptors (Lipinski definition) is 5. The molecule has 11 heteroatoms. The predicted molar refractivity (Wildman–Crippen MR) is 113 cm³/mol. The standard InChI is InChI=1S/C9H14F6O3.C7H12O2.4CH4/c1-3-5-16-7(10,11)8(12,13)18-9(14,15)17-6-4-2;1-3-5-8-7-9-6-4-2;;;;/h3-6H2,1-2H3;3-4H,1-2,5-7H2;4*1H4. The van der Waals surface area contributed by atoms with Gasteiger partial charge in [0.05, 0.1) is 26.4 Å². The van der Waals surface area contributed by atoms with E-state index in [9.17, 15) is 26.3 Å². The maximum atomic E-state index is 12.8. The number of rotatable bonds is 15. The minimum absolute atomic E-state index is 0. The molecule has 0 rings (SSSR count). The molecule has 194 valence electrons. The van der Waals surface area contributed by atoms with Gasteiger partial charge >= 0.3 is 18.5 Å². The fraction of sp³-hybridized carbons (Fsp3) is 0.800. The topological polar surface area (TPSA) is 46.2 Å². The van der Waals surface area contributed by atoms with Crippen molar-refractivity contribution in [3.8, 4) is 0 Å². The molecule has 31 heavy (non-hydrogen) atoms. The van der Waals surface area contributed by atoms with Crippen molar-refractivity contribution in [1.82, 2.24) is 0 Å². The van der Waals surface area contributed by atoms with Gasteiger partial charge in [0.2, 0.25) is 0 Å². The first-order valence-corrected chi connectivity index (χ1v) is 7.98. The molecule has 0 aliphatic rings. The summed E-state index contributed by atoms with van der Waals surface area (Å²) in [5.41, 5.74) is 0. The molecule has 0 aliphatic carbocycles. The second-order valence-electron chi connectivity index (χ2n) is 4.73. The molecule has 0 aromatic carbocycles. The van der Waals surface area contributed by atoms with E-state index in [2.05, 4.69) is 27.4 Å². The van der Waals surface area contributed by atoms with Crippen molar-refractivity contribution in [3.05, 3.63) is 25.3 Å². The molecule has 0 unspecified atom stereocenters. The molecular formula is C20H42F6O5. The first kappa shape index (κ1) is 43.7. The van der Waals surface area contributed by atoms with Crippen LogP contribution in [0, 0.1) is 0 Å². The van der Waals surface area contributed by atoms with E-state index < -0.39 is 31.7 Å². The van der Waals surface area contributed by atoms with Crippen molar-refractivity contribution in [2.75, 3.05) is 33.2 Å². The second-order valence-corrected chi connectivity index (χ2v) is 4.73. The molecule has 0 bridgehead atoms. The molecule has 0 spiro atoms. The van der Waals surface area contributed by atoms with Gasteiger partial charge in [-0.25, -0.2) is 4.74 Å². The molecule has 0 N–H and O–H groups in total. The van der Waals surface area contributed by atoms with Crippen LogP contribution in [-0.4, -0.2) is 51.7 Å². The van der Waals surface area contributed by atoms with Gasteiger partial charge in [0.25, 0.3) is 0 Å². The number of ether oxygens (including phenoxy) is 5. The van der Waals surface area contributed by atoms with Gasteiger partial charge in [-0.3, -0.25) is 4.74 Å². The molecule has 0 aromatic rings. The Hall–Kier alpha value is -1.14. The lowest BCUT2D eigenvalue weighted by Crippen LogP contribution is -2.49. The largest absolute Gasteiger partial charge is 0.490 e. The van der Waals surface area contributed by atoms with Crippen LogP contribution >= 0.6 is 0 Å². The molecule has 0 saturated carbocycles. The van der Waals surface area contributed by atoms with Crippen molar-refractivity contribution in [2.24, 2.45) is 0 Å². The molecule has 0 saturated heterocycles. The summed E-state index contributed by atoms with van der Waals surface area (Å²) in [7, 11) is 0. The van der Waals surface area contributed by atoms with Crippen LogP contribution in [0.2, 0.25) is 0 Å². The van der Waals surface area contributed by atoms with Crippen molar-refractivity contribution < 1.29 is 50.0 Å². The zero-order chi connectivity index (χ0) is 21.4. The van der Waals surface area contributed by atoms with Crippen LogP contribution in [0.25, 0.3) is 0 Å². The fourth-order valence-electron chi connectivity index (χ4n) is 1.10. The molecule has 0 amide bonds. The molecule has 0 aliphatic heterocycles. The summed E-state index contributed by atoms with van der Waals surface area (Å²) < 4.78 is 96.0. The van der Waals surface area contributed by atoms with E-state index >= 15 is 0 Å². The van der Waals surface area contributed by atoms with E-state index in [-0.39, 0.29) is 42.5 Å². The van der Waals surface area contributed by atoms with Crippen molar-refractivity contribution >= 4 is 0 Å². The third kappa shape index (κ3) is 23.4. The van der Waals surface area contributed by atoms with E-state index in [1.165, 1.54) is 13.8 Å². The Morgan fingerprint density at radius 1 is 0.677 bits per heavy atom. The molecule has 0 radical (unpaired) electrons. The predicted octanol–water partition coefficient (Wildman–Crippen LogP) is 7.49. The van der Waals surface area contributed by atoms with Crippen molar-refractivity contribution in [1.29, 1.82) is 0 Å². The highest BCUT2D eigenvalue weighted by molar-refractivity contribution is 4.67. The lowest BCUT2D eigenvalue weighted by Gasteiger charge is -2.28. The highest BCUT2D eigenvalue weighted by atomic mass is 19.3. The van der Waals surface area contributed by atoms with Crippen LogP contribution in [-0.2, 0) is 23.7 Å². The van der Waals surface area contributed by atoms with Gasteiger partial charge in [-0.1, -0.05) is 55.7 Å². The van der Waals surface area contributed by atoms with Gasteiger partial charge < -0.3 is 14.2 Å². The zero-order valence-electron chi connectivity index (χ0n) is 15.3. The second kappa shape index (κ2) is 23.5. The summed E-state index contributed by atoms with van der Waals surface area (Å²) in [5.74, 6) is 0. The summed E-state index contributed by atoms with van der Waals surface area (Å²) in [6.07, 6.45) is -12.0. The van der Waals surface area contributed by atoms with Gasteiger partial charge in [0.1, 0.15) is 6.79 Å². The Labute approximate surface area is 184 Å². The normalized spacial score (nSPS) is 10.7. The molecule has 0 atom stereocenters. The summed E-state index contributed by atoms with van der Waals surface area (Å²) in [6.45, 7) is 9.81. The van der Waals surface area contributed by atoms with Crippen LogP contribution in [0.5, 0.6) is 0 Å². The van der Waals surface area contributed by atoms with Gasteiger partial charge in [0, 0.05) is 0 Å². The van der Waals surface area contributed by atoms with E-state index in [4.69, 9.17) is 9.47 Å². The smallest absolute Gasteiger partial charge is 0.351 e. The molecule has 0 fully saturated rings. The Morgan fingerprint density at radius 2 is 1.06 bits per heavy atom. The number of hydrogen-bond donors (Lipinski definition) is 0. The van der Waals surface area contributed by atoms with Crippen LogP contribution in [0.3, 0.4) is 0 Å². The summed E-state index contributed by atoms with van der Waals surface area (Å²) in [6, 6.07) is 0. The van der Waals surface area contributed by atoms with Crippen LogP contribution in [0.15, 0.2) is 25.3 Å². The lowest BCUT2D eigenvalue weighted by molar-refractivity contribution is -0.526. The number of halogens is 6. The summed E-state index contributed by atoms with van der Waals surface area (Å²) in [5, 5.41) is 0. The Balaban J connectivity index is -0.000000104. The first-order chi connectivity index (χ1) is 12.5. The van der Waals surface area contributed by atoms with E-state index in [1.807, 2.05) is 0 Å². The van der Waals surface area contributed by atoms with Gasteiger partial charge in [-0.15, -0.1) is 21.9 Å². The lowest BCUT2D eigenvalue weighted by atomic mass is 10.5. The average molecular weight is 477 g/mol. The van der Waals surface area contributed by atoms with Crippen molar-refractivity contribution in [2.45, 2.75) is 74.9 Å². The van der Waals surface area contributed by atoms with Gasteiger partial charge in [-0.2, -0.15) is 17.6 Å². The van der Waals surface area contributed by atoms with Crippen molar-refractivity contribution in [3.63, 3.8) is 0 Å². The third-order valence-corrected chi connectivity index (χ3v) is 2.19. The molecule has 0 aromatic heterocycles. The van der Waals surface area contributed by atoms with Crippen LogP contribution in [0.1, 0.15) is 56.4 Å². The Bertz CT molecular complexity index is 386. The Morgan fingerprint density at radius 3 is 1.42 bits per heavy atom. The monoisotopic (exact) mass is 476 g/mol. The molecule has 0 heterocycles. The summed E-state index contributed by atoms with van der Waals surface area (Å²) in [4.78, 5) is 0. The van der Waals surface area contributed by atoms with Crippen LogP contribution < -0.4 is 0 Å². The Kier molecular flexibility index (Phi) is 33.1. The molecule has 5 nitrogen and oxygen atoms in total. The SMILES string of the molecule is C.C.C.C.C=CCOCOCC=C.CCCOC(F)(F)OC(F)(F)C(F)(F)OCCC. The van der Waals surface area contributed by atoms with Gasteiger partial charge in [-0.05, 0) is 12.8 Å². The van der Waals surface area contributed by atoms with E-state index in [0.717, 1.165) is 0 Å². The maximum Gasteiger partial charge on any atom is 0.490 e. The zero-order valence-corrected chi connectivity index (χ0v) is 15.3. The highest BCUT2D eigenvalue weighted by Gasteiger charge is 2.64. The maximum absolute atomic E-state index is 12.8. The average Bonchev–Trinajstić information content (AvgIpc) is 2.58. The van der Waals surface area contributed by atoms with E-state index in [0.29, 0.717) is 20.0 Å². The minimum atomic E-state index is -5.50. The fourth-order valence-corrected chi connectivity index (χ4v) is 1.10. The first-order valence-electron chi connectivity index (χ1n) is 7.98. The quantitative estimate of drug-likeness (QED) is 0.106. The van der Waals surface area contributed by atoms with Crippen LogP contribution in [0.4, 0.5) is 26.3 Å². The van der Waals surface area contributed by atoms with Gasteiger partial charge in [0.15, 0.2) is 0 Å².